The van der Waals surface area contributed by atoms with Gasteiger partial charge in [0.1, 0.15) is 17.3 Å². The lowest BCUT2D eigenvalue weighted by Crippen LogP contribution is -2.10. The Kier molecular flexibility index (Phi) is 4.85. The molecule has 3 N–H and O–H groups in total. The summed E-state index contributed by atoms with van der Waals surface area (Å²) < 4.78 is 1.72. The highest BCUT2D eigenvalue weighted by molar-refractivity contribution is 7.13. The number of nitrogens with zero attached hydrogens (tertiary/aromatic N) is 2. The van der Waals surface area contributed by atoms with E-state index in [0.29, 0.717) is 23.7 Å². The predicted molar refractivity (Wildman–Crippen MR) is 93.1 cm³/mol. The van der Waals surface area contributed by atoms with Crippen LogP contribution in [0.15, 0.2) is 41.8 Å². The monoisotopic (exact) mass is 349 g/mol. The van der Waals surface area contributed by atoms with E-state index >= 15 is 0 Å². The molecule has 0 unspecified atom stereocenters. The van der Waals surface area contributed by atoms with E-state index in [9.17, 15) is 10.2 Å². The van der Waals surface area contributed by atoms with Gasteiger partial charge in [0.15, 0.2) is 0 Å². The van der Waals surface area contributed by atoms with E-state index in [1.165, 1.54) is 0 Å². The number of phenolic OH excluding ortho intramolecular Hbond substituents is 1. The van der Waals surface area contributed by atoms with Gasteiger partial charge in [0.25, 0.3) is 0 Å². The zero-order valence-electron chi connectivity index (χ0n) is 12.2. The molecule has 1 aromatic carbocycles. The summed E-state index contributed by atoms with van der Waals surface area (Å²) >= 11 is 7.57. The second kappa shape index (κ2) is 7.04. The van der Waals surface area contributed by atoms with Gasteiger partial charge in [0.05, 0.1) is 18.0 Å². The number of aromatic nitrogens is 2. The van der Waals surface area contributed by atoms with Crippen LogP contribution in [0.2, 0.25) is 5.02 Å². The first-order valence-corrected chi connectivity index (χ1v) is 8.37. The Morgan fingerprint density at radius 1 is 1.26 bits per heavy atom. The summed E-state index contributed by atoms with van der Waals surface area (Å²) in [5, 5.41) is 29.4. The number of rotatable bonds is 6. The van der Waals surface area contributed by atoms with Crippen molar-refractivity contribution in [1.29, 1.82) is 0 Å². The lowest BCUT2D eigenvalue weighted by molar-refractivity contribution is 0.270. The molecule has 120 valence electrons. The third-order valence-corrected chi connectivity index (χ3v) is 4.49. The smallest absolute Gasteiger partial charge is 0.125 e. The summed E-state index contributed by atoms with van der Waals surface area (Å²) in [4.78, 5) is 1.07. The first kappa shape index (κ1) is 15.9. The number of phenols is 1. The normalized spacial score (nSPS) is 10.9. The molecule has 2 aromatic heterocycles. The van der Waals surface area contributed by atoms with E-state index < -0.39 is 0 Å². The Morgan fingerprint density at radius 2 is 2.13 bits per heavy atom. The van der Waals surface area contributed by atoms with Crippen molar-refractivity contribution in [1.82, 2.24) is 9.78 Å². The number of aliphatic hydroxyl groups excluding tert-OH is 1. The van der Waals surface area contributed by atoms with Crippen molar-refractivity contribution in [2.45, 2.75) is 13.1 Å². The third-order valence-electron chi connectivity index (χ3n) is 3.37. The van der Waals surface area contributed by atoms with Crippen LogP contribution in [0.3, 0.4) is 0 Å². The zero-order valence-corrected chi connectivity index (χ0v) is 13.8. The number of benzene rings is 1. The first-order valence-electron chi connectivity index (χ1n) is 7.11. The van der Waals surface area contributed by atoms with Crippen molar-refractivity contribution in [2.24, 2.45) is 0 Å². The second-order valence-electron chi connectivity index (χ2n) is 4.97. The molecule has 0 radical (unpaired) electrons. The van der Waals surface area contributed by atoms with Crippen LogP contribution in [0.25, 0.3) is 10.6 Å². The van der Waals surface area contributed by atoms with Crippen molar-refractivity contribution in [3.63, 3.8) is 0 Å². The highest BCUT2D eigenvalue weighted by atomic mass is 35.5. The minimum absolute atomic E-state index is 0.00263. The maximum absolute atomic E-state index is 9.88. The summed E-state index contributed by atoms with van der Waals surface area (Å²) in [6, 6.07) is 10.8. The minimum atomic E-state index is 0.00263. The lowest BCUT2D eigenvalue weighted by Gasteiger charge is -2.10. The minimum Gasteiger partial charge on any atom is -0.508 e. The van der Waals surface area contributed by atoms with Crippen LogP contribution in [0.1, 0.15) is 5.56 Å². The fraction of sp³-hybridized carbons (Fsp3) is 0.188. The third kappa shape index (κ3) is 3.67. The molecule has 3 rings (SSSR count). The maximum Gasteiger partial charge on any atom is 0.125 e. The van der Waals surface area contributed by atoms with E-state index in [1.54, 1.807) is 34.2 Å². The molecule has 2 heterocycles. The summed E-state index contributed by atoms with van der Waals surface area (Å²) in [7, 11) is 0. The topological polar surface area (TPSA) is 70.3 Å². The molecule has 0 aliphatic heterocycles. The van der Waals surface area contributed by atoms with Gasteiger partial charge in [-0.1, -0.05) is 17.7 Å². The number of anilines is 1. The van der Waals surface area contributed by atoms with E-state index in [4.69, 9.17) is 11.6 Å². The largest absolute Gasteiger partial charge is 0.508 e. The van der Waals surface area contributed by atoms with Crippen molar-refractivity contribution in [3.05, 3.63) is 52.4 Å². The van der Waals surface area contributed by atoms with Crippen LogP contribution in [0, 0.1) is 0 Å². The molecule has 0 fully saturated rings. The van der Waals surface area contributed by atoms with E-state index in [0.717, 1.165) is 16.4 Å². The average molecular weight is 350 g/mol. The van der Waals surface area contributed by atoms with Gasteiger partial charge in [-0.15, -0.1) is 11.3 Å². The Morgan fingerprint density at radius 3 is 2.87 bits per heavy atom. The Balaban J connectivity index is 1.82. The molecule has 0 amide bonds. The first-order chi connectivity index (χ1) is 11.2. The van der Waals surface area contributed by atoms with Crippen LogP contribution in [-0.2, 0) is 13.1 Å². The number of thiophene rings is 1. The highest BCUT2D eigenvalue weighted by Crippen LogP contribution is 2.27. The van der Waals surface area contributed by atoms with Crippen molar-refractivity contribution >= 4 is 28.8 Å². The SMILES string of the molecule is OCCn1nc(-c2cccs2)cc1NCc1cc(Cl)ccc1O. The standard InChI is InChI=1S/C16H16ClN3O2S/c17-12-3-4-14(22)11(8-12)10-18-16-9-13(15-2-1-7-23-15)19-20(16)5-6-21/h1-4,7-9,18,21-22H,5-6,10H2. The Hall–Kier alpha value is -2.02. The van der Waals surface area contributed by atoms with Crippen molar-refractivity contribution in [2.75, 3.05) is 11.9 Å². The summed E-state index contributed by atoms with van der Waals surface area (Å²) in [6.45, 7) is 0.811. The number of aromatic hydroxyl groups is 1. The van der Waals surface area contributed by atoms with E-state index in [-0.39, 0.29) is 12.4 Å². The molecule has 0 bridgehead atoms. The van der Waals surface area contributed by atoms with Gasteiger partial charge in [-0.25, -0.2) is 4.68 Å². The van der Waals surface area contributed by atoms with Gasteiger partial charge >= 0.3 is 0 Å². The number of aliphatic hydroxyl groups is 1. The average Bonchev–Trinajstić information content (AvgIpc) is 3.18. The predicted octanol–water partition coefficient (Wildman–Crippen LogP) is 3.58. The molecule has 7 heteroatoms. The summed E-state index contributed by atoms with van der Waals surface area (Å²) in [5.41, 5.74) is 1.55. The molecular weight excluding hydrogens is 334 g/mol. The van der Waals surface area contributed by atoms with Crippen LogP contribution < -0.4 is 5.32 Å². The quantitative estimate of drug-likeness (QED) is 0.636. The van der Waals surface area contributed by atoms with Crippen LogP contribution in [0.4, 0.5) is 5.82 Å². The zero-order chi connectivity index (χ0) is 16.2. The Labute approximate surface area is 142 Å². The van der Waals surface area contributed by atoms with E-state index in [1.807, 2.05) is 23.6 Å². The van der Waals surface area contributed by atoms with Crippen LogP contribution in [0.5, 0.6) is 5.75 Å². The van der Waals surface area contributed by atoms with E-state index in [2.05, 4.69) is 10.4 Å². The molecule has 0 spiro atoms. The van der Waals surface area contributed by atoms with Gasteiger partial charge in [-0.3, -0.25) is 0 Å². The second-order valence-corrected chi connectivity index (χ2v) is 6.35. The van der Waals surface area contributed by atoms with Gasteiger partial charge in [0, 0.05) is 23.2 Å². The molecule has 0 aliphatic carbocycles. The molecule has 0 saturated heterocycles. The van der Waals surface area contributed by atoms with Gasteiger partial charge < -0.3 is 15.5 Å². The number of halogens is 1. The fourth-order valence-corrected chi connectivity index (χ4v) is 3.13. The summed E-state index contributed by atoms with van der Waals surface area (Å²) in [5.74, 6) is 0.968. The van der Waals surface area contributed by atoms with Crippen molar-refractivity contribution < 1.29 is 10.2 Å². The van der Waals surface area contributed by atoms with Gasteiger partial charge in [-0.2, -0.15) is 5.10 Å². The van der Waals surface area contributed by atoms with Crippen molar-refractivity contribution in [3.8, 4) is 16.3 Å². The fourth-order valence-electron chi connectivity index (χ4n) is 2.25. The molecule has 0 saturated carbocycles. The molecule has 3 aromatic rings. The summed E-state index contributed by atoms with van der Waals surface area (Å²) in [6.07, 6.45) is 0. The molecular formula is C16H16ClN3O2S. The lowest BCUT2D eigenvalue weighted by atomic mass is 10.2. The number of nitrogens with one attached hydrogen (secondary N) is 1. The number of hydrogen-bond acceptors (Lipinski definition) is 5. The maximum atomic E-state index is 9.88. The molecule has 0 aliphatic rings. The molecule has 0 atom stereocenters. The molecule has 23 heavy (non-hydrogen) atoms. The Bertz CT molecular complexity index is 787. The molecule has 5 nitrogen and oxygen atoms in total. The van der Waals surface area contributed by atoms with Crippen LogP contribution in [-0.4, -0.2) is 26.6 Å². The highest BCUT2D eigenvalue weighted by Gasteiger charge is 2.11. The number of hydrogen-bond donors (Lipinski definition) is 3. The van der Waals surface area contributed by atoms with Gasteiger partial charge in [0.2, 0.25) is 0 Å². The van der Waals surface area contributed by atoms with Crippen LogP contribution >= 0.6 is 22.9 Å². The van der Waals surface area contributed by atoms with Gasteiger partial charge in [-0.05, 0) is 29.6 Å².